The standard InChI is InChI=1S/C8H10ClF3N2O/c1-4-7(9)5(2)14(13-4)3-6(15)8(10,11)12/h6,15H,3H2,1-2H3. The van der Waals surface area contributed by atoms with Crippen LogP contribution < -0.4 is 0 Å². The van der Waals surface area contributed by atoms with E-state index in [-0.39, 0.29) is 0 Å². The molecule has 0 aliphatic carbocycles. The molecule has 0 radical (unpaired) electrons. The molecule has 0 amide bonds. The van der Waals surface area contributed by atoms with Crippen LogP contribution in [0.15, 0.2) is 0 Å². The highest BCUT2D eigenvalue weighted by Crippen LogP contribution is 2.24. The average molecular weight is 243 g/mol. The number of rotatable bonds is 2. The predicted molar refractivity (Wildman–Crippen MR) is 48.8 cm³/mol. The number of halogens is 4. The second-order valence-corrected chi connectivity index (χ2v) is 3.60. The maximum absolute atomic E-state index is 12.0. The highest BCUT2D eigenvalue weighted by atomic mass is 35.5. The second-order valence-electron chi connectivity index (χ2n) is 3.22. The van der Waals surface area contributed by atoms with E-state index in [1.807, 2.05) is 0 Å². The van der Waals surface area contributed by atoms with Crippen LogP contribution in [0, 0.1) is 13.8 Å². The van der Waals surface area contributed by atoms with E-state index < -0.39 is 18.8 Å². The molecule has 1 unspecified atom stereocenters. The summed E-state index contributed by atoms with van der Waals surface area (Å²) in [4.78, 5) is 0. The van der Waals surface area contributed by atoms with Crippen LogP contribution in [0.25, 0.3) is 0 Å². The Hall–Kier alpha value is -0.750. The molecule has 1 aromatic rings. The highest BCUT2D eigenvalue weighted by molar-refractivity contribution is 6.31. The lowest BCUT2D eigenvalue weighted by molar-refractivity contribution is -0.208. The Labute approximate surface area is 89.5 Å². The monoisotopic (exact) mass is 242 g/mol. The van der Waals surface area contributed by atoms with Gasteiger partial charge in [-0.2, -0.15) is 18.3 Å². The van der Waals surface area contributed by atoms with Gasteiger partial charge in [-0.3, -0.25) is 4.68 Å². The fourth-order valence-corrected chi connectivity index (χ4v) is 1.26. The second kappa shape index (κ2) is 4.02. The van der Waals surface area contributed by atoms with Gasteiger partial charge in [0.1, 0.15) is 0 Å². The molecule has 0 bridgehead atoms. The Balaban J connectivity index is 2.86. The molecule has 0 aliphatic rings. The molecule has 0 aliphatic heterocycles. The fourth-order valence-electron chi connectivity index (χ4n) is 1.12. The van der Waals surface area contributed by atoms with Crippen molar-refractivity contribution >= 4 is 11.6 Å². The molecule has 3 nitrogen and oxygen atoms in total. The number of aliphatic hydroxyl groups excluding tert-OH is 1. The molecule has 7 heteroatoms. The number of aliphatic hydroxyl groups is 1. The van der Waals surface area contributed by atoms with Crippen molar-refractivity contribution in [2.75, 3.05) is 0 Å². The first-order chi connectivity index (χ1) is 6.73. The average Bonchev–Trinajstić information content (AvgIpc) is 2.32. The minimum atomic E-state index is -4.64. The molecule has 1 atom stereocenters. The molecule has 0 spiro atoms. The van der Waals surface area contributed by atoms with E-state index in [1.165, 1.54) is 0 Å². The number of nitrogens with zero attached hydrogens (tertiary/aromatic N) is 2. The molecular formula is C8H10ClF3N2O. The van der Waals surface area contributed by atoms with Crippen LogP contribution in [-0.2, 0) is 6.54 Å². The molecule has 1 aromatic heterocycles. The van der Waals surface area contributed by atoms with Gasteiger partial charge < -0.3 is 5.11 Å². The summed E-state index contributed by atoms with van der Waals surface area (Å²) in [6.45, 7) is 2.50. The van der Waals surface area contributed by atoms with Crippen molar-refractivity contribution < 1.29 is 18.3 Å². The molecule has 86 valence electrons. The van der Waals surface area contributed by atoms with Crippen LogP contribution >= 0.6 is 11.6 Å². The predicted octanol–water partition coefficient (Wildman–Crippen LogP) is 2.08. The van der Waals surface area contributed by atoms with E-state index in [0.29, 0.717) is 16.4 Å². The van der Waals surface area contributed by atoms with E-state index in [9.17, 15) is 13.2 Å². The smallest absolute Gasteiger partial charge is 0.382 e. The lowest BCUT2D eigenvalue weighted by Gasteiger charge is -2.15. The molecular weight excluding hydrogens is 233 g/mol. The van der Waals surface area contributed by atoms with Crippen molar-refractivity contribution in [2.45, 2.75) is 32.7 Å². The van der Waals surface area contributed by atoms with Gasteiger partial charge in [0, 0.05) is 0 Å². The Morgan fingerprint density at radius 1 is 1.47 bits per heavy atom. The largest absolute Gasteiger partial charge is 0.416 e. The van der Waals surface area contributed by atoms with E-state index in [1.54, 1.807) is 13.8 Å². The van der Waals surface area contributed by atoms with Crippen LogP contribution in [0.5, 0.6) is 0 Å². The number of aryl methyl sites for hydroxylation is 1. The molecule has 1 rings (SSSR count). The minimum Gasteiger partial charge on any atom is -0.382 e. The Bertz CT molecular complexity index is 362. The van der Waals surface area contributed by atoms with Crippen molar-refractivity contribution in [3.8, 4) is 0 Å². The van der Waals surface area contributed by atoms with Crippen molar-refractivity contribution in [1.29, 1.82) is 0 Å². The first-order valence-electron chi connectivity index (χ1n) is 4.17. The van der Waals surface area contributed by atoms with Gasteiger partial charge in [-0.15, -0.1) is 0 Å². The number of hydrogen-bond donors (Lipinski definition) is 1. The third-order valence-electron chi connectivity index (χ3n) is 2.02. The number of hydrogen-bond acceptors (Lipinski definition) is 2. The number of aromatic nitrogens is 2. The molecule has 15 heavy (non-hydrogen) atoms. The fraction of sp³-hybridized carbons (Fsp3) is 0.625. The van der Waals surface area contributed by atoms with Crippen LogP contribution in [0.3, 0.4) is 0 Å². The van der Waals surface area contributed by atoms with Crippen molar-refractivity contribution in [1.82, 2.24) is 9.78 Å². The molecule has 1 heterocycles. The summed E-state index contributed by atoms with van der Waals surface area (Å²) < 4.78 is 37.2. The van der Waals surface area contributed by atoms with Gasteiger partial charge >= 0.3 is 6.18 Å². The van der Waals surface area contributed by atoms with Gasteiger partial charge in [-0.25, -0.2) is 0 Å². The quantitative estimate of drug-likeness (QED) is 0.862. The summed E-state index contributed by atoms with van der Waals surface area (Å²) in [6, 6.07) is 0. The van der Waals surface area contributed by atoms with E-state index in [2.05, 4.69) is 5.10 Å². The van der Waals surface area contributed by atoms with E-state index in [4.69, 9.17) is 16.7 Å². The zero-order valence-electron chi connectivity index (χ0n) is 8.14. The van der Waals surface area contributed by atoms with E-state index >= 15 is 0 Å². The van der Waals surface area contributed by atoms with E-state index in [0.717, 1.165) is 4.68 Å². The number of alkyl halides is 3. The van der Waals surface area contributed by atoms with Crippen molar-refractivity contribution in [2.24, 2.45) is 0 Å². The lowest BCUT2D eigenvalue weighted by Crippen LogP contribution is -2.33. The van der Waals surface area contributed by atoms with Gasteiger partial charge in [-0.1, -0.05) is 11.6 Å². The Morgan fingerprint density at radius 2 is 2.00 bits per heavy atom. The Morgan fingerprint density at radius 3 is 2.33 bits per heavy atom. The summed E-state index contributed by atoms with van der Waals surface area (Å²) in [7, 11) is 0. The third kappa shape index (κ3) is 2.63. The van der Waals surface area contributed by atoms with Crippen molar-refractivity contribution in [3.63, 3.8) is 0 Å². The van der Waals surface area contributed by atoms with Gasteiger partial charge in [0.15, 0.2) is 6.10 Å². The molecule has 0 saturated carbocycles. The summed E-state index contributed by atoms with van der Waals surface area (Å²) in [5.41, 5.74) is 0.862. The highest BCUT2D eigenvalue weighted by Gasteiger charge is 2.38. The first-order valence-corrected chi connectivity index (χ1v) is 4.55. The lowest BCUT2D eigenvalue weighted by atomic mass is 10.3. The summed E-state index contributed by atoms with van der Waals surface area (Å²) in [5.74, 6) is 0. The zero-order valence-corrected chi connectivity index (χ0v) is 8.89. The van der Waals surface area contributed by atoms with Gasteiger partial charge in [-0.05, 0) is 13.8 Å². The molecule has 0 aromatic carbocycles. The summed E-state index contributed by atoms with van der Waals surface area (Å²) >= 11 is 5.75. The van der Waals surface area contributed by atoms with Crippen LogP contribution in [0.4, 0.5) is 13.2 Å². The maximum atomic E-state index is 12.0. The van der Waals surface area contributed by atoms with Crippen LogP contribution in [0.2, 0.25) is 5.02 Å². The molecule has 0 fully saturated rings. The first kappa shape index (κ1) is 12.3. The minimum absolute atomic E-state index is 0.323. The van der Waals surface area contributed by atoms with Crippen molar-refractivity contribution in [3.05, 3.63) is 16.4 Å². The molecule has 0 saturated heterocycles. The van der Waals surface area contributed by atoms with Gasteiger partial charge in [0.25, 0.3) is 0 Å². The van der Waals surface area contributed by atoms with Crippen LogP contribution in [0.1, 0.15) is 11.4 Å². The Kier molecular flexibility index (Phi) is 3.30. The van der Waals surface area contributed by atoms with Crippen LogP contribution in [-0.4, -0.2) is 27.2 Å². The topological polar surface area (TPSA) is 38.0 Å². The maximum Gasteiger partial charge on any atom is 0.416 e. The summed E-state index contributed by atoms with van der Waals surface area (Å²) in [6.07, 6.45) is -7.06. The zero-order chi connectivity index (χ0) is 11.8. The normalized spacial score (nSPS) is 14.3. The third-order valence-corrected chi connectivity index (χ3v) is 2.56. The molecule has 1 N–H and O–H groups in total. The SMILES string of the molecule is Cc1nn(CC(O)C(F)(F)F)c(C)c1Cl. The van der Waals surface area contributed by atoms with Gasteiger partial charge in [0.05, 0.1) is 23.0 Å². The summed E-state index contributed by atoms with van der Waals surface area (Å²) in [5, 5.41) is 12.9. The van der Waals surface area contributed by atoms with Gasteiger partial charge in [0.2, 0.25) is 0 Å².